The maximum atomic E-state index is 5.38. The molecule has 0 spiro atoms. The average Bonchev–Trinajstić information content (AvgIpc) is 2.28. The Kier molecular flexibility index (Phi) is 6.14. The van der Waals surface area contributed by atoms with Crippen molar-refractivity contribution in [2.45, 2.75) is 20.8 Å². The zero-order valence-corrected chi connectivity index (χ0v) is 11.3. The Morgan fingerprint density at radius 1 is 1.44 bits per heavy atom. The van der Waals surface area contributed by atoms with E-state index in [0.717, 1.165) is 11.3 Å². The predicted molar refractivity (Wildman–Crippen MR) is 72.1 cm³/mol. The summed E-state index contributed by atoms with van der Waals surface area (Å²) in [5, 5.41) is 3.10. The fraction of sp³-hybridized carbons (Fsp3) is 0.538. The molecule has 0 amide bonds. The number of hydrogen-bond donors (Lipinski definition) is 1. The molecule has 100 valence electrons. The minimum atomic E-state index is 0.567. The molecule has 0 radical (unpaired) electrons. The second kappa shape index (κ2) is 7.66. The van der Waals surface area contributed by atoms with Gasteiger partial charge in [-0.15, -0.1) is 0 Å². The molecule has 0 aliphatic rings. The van der Waals surface area contributed by atoms with Crippen LogP contribution in [0.15, 0.2) is 18.2 Å². The first-order valence-corrected chi connectivity index (χ1v) is 6.06. The zero-order valence-electron chi connectivity index (χ0n) is 11.3. The summed E-state index contributed by atoms with van der Waals surface area (Å²) >= 11 is 0. The number of ether oxygens (including phenoxy) is 2. The largest absolute Gasteiger partial charge is 0.478 e. The van der Waals surface area contributed by atoms with Gasteiger partial charge in [-0.3, -0.25) is 0 Å². The van der Waals surface area contributed by atoms with Crippen molar-refractivity contribution < 1.29 is 9.47 Å². The Morgan fingerprint density at radius 2 is 2.22 bits per heavy atom. The van der Waals surface area contributed by atoms with E-state index < -0.39 is 0 Å². The lowest BCUT2D eigenvalue weighted by molar-refractivity contribution is 0.167. The highest BCUT2D eigenvalue weighted by Gasteiger charge is 2.02. The van der Waals surface area contributed by atoms with Crippen molar-refractivity contribution in [3.63, 3.8) is 0 Å². The lowest BCUT2D eigenvalue weighted by atomic mass is 10.4. The molecule has 1 rings (SSSR count). The molecule has 0 fully saturated rings. The molecule has 0 aromatic carbocycles. The van der Waals surface area contributed by atoms with Crippen LogP contribution >= 0.6 is 0 Å². The molecule has 1 N–H and O–H groups in total. The highest BCUT2D eigenvalue weighted by molar-refractivity contribution is 5.30. The zero-order chi connectivity index (χ0) is 13.4. The van der Waals surface area contributed by atoms with E-state index in [2.05, 4.69) is 21.9 Å². The fourth-order valence-corrected chi connectivity index (χ4v) is 1.32. The predicted octanol–water partition coefficient (Wildman–Crippen LogP) is 2.19. The quantitative estimate of drug-likeness (QED) is 0.567. The number of nitrogens with one attached hydrogen (secondary N) is 1. The maximum Gasteiger partial charge on any atom is 0.226 e. The van der Waals surface area contributed by atoms with Gasteiger partial charge in [-0.05, 0) is 20.8 Å². The summed E-state index contributed by atoms with van der Waals surface area (Å²) in [6.45, 7) is 12.0. The second-order valence-corrected chi connectivity index (χ2v) is 4.04. The summed E-state index contributed by atoms with van der Waals surface area (Å²) < 4.78 is 10.7. The van der Waals surface area contributed by atoms with Crippen LogP contribution in [-0.4, -0.2) is 36.3 Å². The molecule has 0 atom stereocenters. The van der Waals surface area contributed by atoms with E-state index in [-0.39, 0.29) is 0 Å². The highest BCUT2D eigenvalue weighted by Crippen LogP contribution is 2.11. The normalized spacial score (nSPS) is 10.2. The van der Waals surface area contributed by atoms with Gasteiger partial charge in [0.1, 0.15) is 0 Å². The van der Waals surface area contributed by atoms with Gasteiger partial charge >= 0.3 is 0 Å². The highest BCUT2D eigenvalue weighted by atomic mass is 16.5. The van der Waals surface area contributed by atoms with E-state index in [1.165, 1.54) is 0 Å². The van der Waals surface area contributed by atoms with Crippen LogP contribution in [0.1, 0.15) is 19.5 Å². The van der Waals surface area contributed by atoms with Gasteiger partial charge < -0.3 is 14.8 Å². The molecule has 1 heterocycles. The Labute approximate surface area is 108 Å². The van der Waals surface area contributed by atoms with Crippen molar-refractivity contribution in [3.05, 3.63) is 23.9 Å². The number of anilines is 1. The smallest absolute Gasteiger partial charge is 0.226 e. The molecule has 5 nitrogen and oxygen atoms in total. The first-order chi connectivity index (χ1) is 8.61. The number of aryl methyl sites for hydroxylation is 1. The van der Waals surface area contributed by atoms with Gasteiger partial charge in [0, 0.05) is 18.3 Å². The molecule has 0 aliphatic carbocycles. The molecular formula is C13H21N3O2. The second-order valence-electron chi connectivity index (χ2n) is 4.04. The van der Waals surface area contributed by atoms with E-state index in [1.807, 2.05) is 26.8 Å². The van der Waals surface area contributed by atoms with Gasteiger partial charge in [0.15, 0.2) is 0 Å². The third-order valence-corrected chi connectivity index (χ3v) is 2.00. The fourth-order valence-electron chi connectivity index (χ4n) is 1.32. The van der Waals surface area contributed by atoms with Crippen molar-refractivity contribution >= 4 is 5.95 Å². The molecule has 0 bridgehead atoms. The van der Waals surface area contributed by atoms with E-state index >= 15 is 0 Å². The molecule has 0 saturated heterocycles. The van der Waals surface area contributed by atoms with Crippen molar-refractivity contribution in [2.24, 2.45) is 0 Å². The molecule has 18 heavy (non-hydrogen) atoms. The van der Waals surface area contributed by atoms with Crippen LogP contribution in [0.4, 0.5) is 5.95 Å². The van der Waals surface area contributed by atoms with Crippen LogP contribution in [0.3, 0.4) is 0 Å². The summed E-state index contributed by atoms with van der Waals surface area (Å²) in [6, 6.07) is 1.81. The van der Waals surface area contributed by atoms with Crippen LogP contribution < -0.4 is 10.1 Å². The molecule has 1 aromatic rings. The van der Waals surface area contributed by atoms with Gasteiger partial charge in [-0.25, -0.2) is 4.98 Å². The summed E-state index contributed by atoms with van der Waals surface area (Å²) in [5.41, 5.74) is 1.89. The van der Waals surface area contributed by atoms with Crippen molar-refractivity contribution in [1.82, 2.24) is 9.97 Å². The first-order valence-electron chi connectivity index (χ1n) is 6.06. The standard InChI is InChI=1S/C13H21N3O2/c1-5-18-12-8-11(4)15-13(16-12)14-6-7-17-9-10(2)3/h8H,2,5-7,9H2,1,3-4H3,(H,14,15,16). The van der Waals surface area contributed by atoms with Crippen molar-refractivity contribution in [1.29, 1.82) is 0 Å². The van der Waals surface area contributed by atoms with E-state index in [1.54, 1.807) is 0 Å². The molecule has 5 heteroatoms. The van der Waals surface area contributed by atoms with Gasteiger partial charge in [0.2, 0.25) is 11.8 Å². The lowest BCUT2D eigenvalue weighted by Gasteiger charge is -2.08. The topological polar surface area (TPSA) is 56.3 Å². The van der Waals surface area contributed by atoms with E-state index in [0.29, 0.717) is 38.2 Å². The van der Waals surface area contributed by atoms with Gasteiger partial charge in [0.25, 0.3) is 0 Å². The van der Waals surface area contributed by atoms with Gasteiger partial charge in [-0.1, -0.05) is 12.2 Å². The van der Waals surface area contributed by atoms with Crippen LogP contribution in [0, 0.1) is 6.92 Å². The SMILES string of the molecule is C=C(C)COCCNc1nc(C)cc(OCC)n1. The average molecular weight is 251 g/mol. The van der Waals surface area contributed by atoms with Crippen LogP contribution in [0.5, 0.6) is 5.88 Å². The minimum Gasteiger partial charge on any atom is -0.478 e. The third-order valence-electron chi connectivity index (χ3n) is 2.00. The summed E-state index contributed by atoms with van der Waals surface area (Å²) in [7, 11) is 0. The molecule has 0 saturated carbocycles. The maximum absolute atomic E-state index is 5.38. The Morgan fingerprint density at radius 3 is 2.89 bits per heavy atom. The molecule has 0 unspecified atom stereocenters. The number of hydrogen-bond acceptors (Lipinski definition) is 5. The van der Waals surface area contributed by atoms with Crippen LogP contribution in [-0.2, 0) is 4.74 Å². The van der Waals surface area contributed by atoms with Gasteiger partial charge in [0.05, 0.1) is 19.8 Å². The number of rotatable bonds is 8. The lowest BCUT2D eigenvalue weighted by Crippen LogP contribution is -2.13. The Balaban J connectivity index is 2.39. The first kappa shape index (κ1) is 14.4. The molecule has 1 aromatic heterocycles. The van der Waals surface area contributed by atoms with E-state index in [9.17, 15) is 0 Å². The van der Waals surface area contributed by atoms with Crippen molar-refractivity contribution in [2.75, 3.05) is 31.7 Å². The number of nitrogens with zero attached hydrogens (tertiary/aromatic N) is 2. The monoisotopic (exact) mass is 251 g/mol. The molecular weight excluding hydrogens is 230 g/mol. The Hall–Kier alpha value is -1.62. The van der Waals surface area contributed by atoms with Crippen molar-refractivity contribution in [3.8, 4) is 5.88 Å². The summed E-state index contributed by atoms with van der Waals surface area (Å²) in [6.07, 6.45) is 0. The van der Waals surface area contributed by atoms with Crippen LogP contribution in [0.2, 0.25) is 0 Å². The number of aromatic nitrogens is 2. The molecule has 0 aliphatic heterocycles. The third kappa shape index (κ3) is 5.63. The summed E-state index contributed by atoms with van der Waals surface area (Å²) in [4.78, 5) is 8.51. The van der Waals surface area contributed by atoms with E-state index in [4.69, 9.17) is 9.47 Å². The van der Waals surface area contributed by atoms with Gasteiger partial charge in [-0.2, -0.15) is 4.98 Å². The summed E-state index contributed by atoms with van der Waals surface area (Å²) in [5.74, 6) is 1.16. The van der Waals surface area contributed by atoms with Crippen LogP contribution in [0.25, 0.3) is 0 Å². The minimum absolute atomic E-state index is 0.567. The Bertz CT molecular complexity index is 394.